The number of ether oxygens (including phenoxy) is 1. The van der Waals surface area contributed by atoms with Crippen LogP contribution in [0.4, 0.5) is 5.69 Å². The number of nitrogens with two attached hydrogens (primary N) is 1. The Morgan fingerprint density at radius 1 is 1.23 bits per heavy atom. The van der Waals surface area contributed by atoms with Gasteiger partial charge >= 0.3 is 0 Å². The summed E-state index contributed by atoms with van der Waals surface area (Å²) in [6.07, 6.45) is 0. The molecule has 0 atom stereocenters. The van der Waals surface area contributed by atoms with Gasteiger partial charge in [0.25, 0.3) is 0 Å². The first-order valence-electron chi connectivity index (χ1n) is 6.62. The highest BCUT2D eigenvalue weighted by Gasteiger charge is 2.16. The van der Waals surface area contributed by atoms with E-state index in [-0.39, 0.29) is 0 Å². The zero-order valence-electron chi connectivity index (χ0n) is 11.9. The van der Waals surface area contributed by atoms with Gasteiger partial charge in [0, 0.05) is 21.7 Å². The molecular formula is C17H13N3OS. The SMILES string of the molecule is COc1nc(-c2ccc(N)cc2)cc(-c2cccs2)c1C#N. The van der Waals surface area contributed by atoms with Gasteiger partial charge in [0.15, 0.2) is 0 Å². The van der Waals surface area contributed by atoms with Gasteiger partial charge < -0.3 is 10.5 Å². The van der Waals surface area contributed by atoms with Crippen LogP contribution in [-0.4, -0.2) is 12.1 Å². The van der Waals surface area contributed by atoms with E-state index in [0.717, 1.165) is 21.7 Å². The molecular weight excluding hydrogens is 294 g/mol. The van der Waals surface area contributed by atoms with Gasteiger partial charge in [-0.2, -0.15) is 5.26 Å². The molecule has 0 amide bonds. The highest BCUT2D eigenvalue weighted by molar-refractivity contribution is 7.13. The molecule has 108 valence electrons. The van der Waals surface area contributed by atoms with E-state index in [1.807, 2.05) is 47.8 Å². The molecule has 0 spiro atoms. The lowest BCUT2D eigenvalue weighted by atomic mass is 10.0. The molecule has 0 fully saturated rings. The van der Waals surface area contributed by atoms with E-state index in [1.165, 1.54) is 7.11 Å². The van der Waals surface area contributed by atoms with Crippen molar-refractivity contribution in [1.82, 2.24) is 4.98 Å². The molecule has 2 aromatic heterocycles. The Morgan fingerprint density at radius 2 is 2.00 bits per heavy atom. The minimum absolute atomic E-state index is 0.334. The number of rotatable bonds is 3. The van der Waals surface area contributed by atoms with Gasteiger partial charge in [-0.25, -0.2) is 4.98 Å². The van der Waals surface area contributed by atoms with Crippen molar-refractivity contribution in [1.29, 1.82) is 5.26 Å². The second kappa shape index (κ2) is 5.88. The third-order valence-corrected chi connectivity index (χ3v) is 4.19. The summed E-state index contributed by atoms with van der Waals surface area (Å²) < 4.78 is 5.31. The number of thiophene rings is 1. The van der Waals surface area contributed by atoms with E-state index in [9.17, 15) is 5.26 Å². The Hall–Kier alpha value is -2.84. The van der Waals surface area contributed by atoms with Gasteiger partial charge in [0.2, 0.25) is 5.88 Å². The predicted molar refractivity (Wildman–Crippen MR) is 88.7 cm³/mol. The molecule has 2 heterocycles. The molecule has 0 unspecified atom stereocenters. The number of methoxy groups -OCH3 is 1. The first-order valence-corrected chi connectivity index (χ1v) is 7.50. The van der Waals surface area contributed by atoms with E-state index in [1.54, 1.807) is 11.3 Å². The quantitative estimate of drug-likeness (QED) is 0.744. The molecule has 1 aromatic carbocycles. The van der Waals surface area contributed by atoms with Crippen LogP contribution in [0.1, 0.15) is 5.56 Å². The Bertz CT molecular complexity index is 834. The van der Waals surface area contributed by atoms with Gasteiger partial charge in [0.05, 0.1) is 12.8 Å². The lowest BCUT2D eigenvalue weighted by Crippen LogP contribution is -1.97. The third-order valence-electron chi connectivity index (χ3n) is 3.28. The lowest BCUT2D eigenvalue weighted by molar-refractivity contribution is 0.397. The second-order valence-corrected chi connectivity index (χ2v) is 5.60. The number of nitrogen functional groups attached to an aromatic ring is 1. The summed E-state index contributed by atoms with van der Waals surface area (Å²) in [5.74, 6) is 0.334. The van der Waals surface area contributed by atoms with E-state index in [2.05, 4.69) is 11.1 Å². The Kier molecular flexibility index (Phi) is 3.77. The summed E-state index contributed by atoms with van der Waals surface area (Å²) in [6, 6.07) is 15.5. The maximum absolute atomic E-state index is 9.45. The van der Waals surface area contributed by atoms with Crippen molar-refractivity contribution in [2.45, 2.75) is 0 Å². The summed E-state index contributed by atoms with van der Waals surface area (Å²) in [5, 5.41) is 11.4. The molecule has 0 aliphatic rings. The average molecular weight is 307 g/mol. The van der Waals surface area contributed by atoms with Crippen LogP contribution in [-0.2, 0) is 0 Å². The van der Waals surface area contributed by atoms with E-state index in [4.69, 9.17) is 10.5 Å². The molecule has 2 N–H and O–H groups in total. The molecule has 0 aliphatic heterocycles. The normalized spacial score (nSPS) is 10.2. The standard InChI is InChI=1S/C17H13N3OS/c1-21-17-14(10-18)13(16-3-2-8-22-16)9-15(20-17)11-4-6-12(19)7-5-11/h2-9H,19H2,1H3. The minimum atomic E-state index is 0.334. The summed E-state index contributed by atoms with van der Waals surface area (Å²) in [5.41, 5.74) is 9.38. The molecule has 0 radical (unpaired) electrons. The van der Waals surface area contributed by atoms with Crippen molar-refractivity contribution in [3.8, 4) is 33.6 Å². The lowest BCUT2D eigenvalue weighted by Gasteiger charge is -2.10. The number of anilines is 1. The van der Waals surface area contributed by atoms with Crippen LogP contribution in [0, 0.1) is 11.3 Å². The first kappa shape index (κ1) is 14.1. The molecule has 0 bridgehead atoms. The fourth-order valence-electron chi connectivity index (χ4n) is 2.21. The monoisotopic (exact) mass is 307 g/mol. The second-order valence-electron chi connectivity index (χ2n) is 4.65. The molecule has 0 saturated heterocycles. The van der Waals surface area contributed by atoms with Crippen LogP contribution < -0.4 is 10.5 Å². The maximum Gasteiger partial charge on any atom is 0.232 e. The molecule has 0 saturated carbocycles. The van der Waals surface area contributed by atoms with Crippen molar-refractivity contribution in [3.63, 3.8) is 0 Å². The number of nitriles is 1. The zero-order chi connectivity index (χ0) is 15.5. The molecule has 0 aliphatic carbocycles. The minimum Gasteiger partial charge on any atom is -0.480 e. The Morgan fingerprint density at radius 3 is 2.59 bits per heavy atom. The van der Waals surface area contributed by atoms with Gasteiger partial charge in [-0.3, -0.25) is 0 Å². The molecule has 4 nitrogen and oxygen atoms in total. The van der Waals surface area contributed by atoms with Crippen molar-refractivity contribution >= 4 is 17.0 Å². The van der Waals surface area contributed by atoms with Gasteiger partial charge in [-0.05, 0) is 29.6 Å². The highest BCUT2D eigenvalue weighted by Crippen LogP contribution is 2.35. The first-order chi connectivity index (χ1) is 10.7. The van der Waals surface area contributed by atoms with Crippen LogP contribution in [0.5, 0.6) is 5.88 Å². The number of aromatic nitrogens is 1. The molecule has 5 heteroatoms. The largest absolute Gasteiger partial charge is 0.480 e. The molecule has 3 rings (SSSR count). The fraction of sp³-hybridized carbons (Fsp3) is 0.0588. The van der Waals surface area contributed by atoms with Gasteiger partial charge in [-0.15, -0.1) is 11.3 Å². The summed E-state index contributed by atoms with van der Waals surface area (Å²) in [4.78, 5) is 5.46. The summed E-state index contributed by atoms with van der Waals surface area (Å²) >= 11 is 1.58. The maximum atomic E-state index is 9.45. The van der Waals surface area contributed by atoms with Crippen LogP contribution in [0.3, 0.4) is 0 Å². The fourth-order valence-corrected chi connectivity index (χ4v) is 2.95. The van der Waals surface area contributed by atoms with Gasteiger partial charge in [0.1, 0.15) is 11.6 Å². The smallest absolute Gasteiger partial charge is 0.232 e. The third kappa shape index (κ3) is 2.52. The van der Waals surface area contributed by atoms with Gasteiger partial charge in [-0.1, -0.05) is 18.2 Å². The van der Waals surface area contributed by atoms with E-state index >= 15 is 0 Å². The van der Waals surface area contributed by atoms with Crippen molar-refractivity contribution in [2.75, 3.05) is 12.8 Å². The predicted octanol–water partition coefficient (Wildman–Crippen LogP) is 3.94. The Labute approximate surface area is 132 Å². The van der Waals surface area contributed by atoms with Crippen molar-refractivity contribution < 1.29 is 4.74 Å². The molecule has 22 heavy (non-hydrogen) atoms. The Balaban J connectivity index is 2.23. The number of benzene rings is 1. The van der Waals surface area contributed by atoms with Crippen LogP contribution >= 0.6 is 11.3 Å². The van der Waals surface area contributed by atoms with E-state index in [0.29, 0.717) is 17.1 Å². The summed E-state index contributed by atoms with van der Waals surface area (Å²) in [7, 11) is 1.52. The highest BCUT2D eigenvalue weighted by atomic mass is 32.1. The van der Waals surface area contributed by atoms with Crippen LogP contribution in [0.2, 0.25) is 0 Å². The number of nitrogens with zero attached hydrogens (tertiary/aromatic N) is 2. The number of hydrogen-bond donors (Lipinski definition) is 1. The van der Waals surface area contributed by atoms with Crippen LogP contribution in [0.15, 0.2) is 47.8 Å². The summed E-state index contributed by atoms with van der Waals surface area (Å²) in [6.45, 7) is 0. The average Bonchev–Trinajstić information content (AvgIpc) is 3.08. The van der Waals surface area contributed by atoms with Crippen molar-refractivity contribution in [3.05, 3.63) is 53.4 Å². The number of hydrogen-bond acceptors (Lipinski definition) is 5. The zero-order valence-corrected chi connectivity index (χ0v) is 12.7. The number of pyridine rings is 1. The van der Waals surface area contributed by atoms with E-state index < -0.39 is 0 Å². The topological polar surface area (TPSA) is 71.9 Å². The van der Waals surface area contributed by atoms with Crippen molar-refractivity contribution in [2.24, 2.45) is 0 Å². The molecule has 3 aromatic rings. The van der Waals surface area contributed by atoms with Crippen LogP contribution in [0.25, 0.3) is 21.7 Å².